The van der Waals surface area contributed by atoms with Crippen molar-refractivity contribution in [2.45, 2.75) is 64.8 Å². The lowest BCUT2D eigenvalue weighted by molar-refractivity contribution is 0.425. The monoisotopic (exact) mass is 330 g/mol. The van der Waals surface area contributed by atoms with Gasteiger partial charge in [-0.2, -0.15) is 0 Å². The third-order valence-corrected chi connectivity index (χ3v) is 5.66. The smallest absolute Gasteiger partial charge is 0.133 e. The molecule has 1 aliphatic rings. The maximum absolute atomic E-state index is 4.85. The Morgan fingerprint density at radius 2 is 1.91 bits per heavy atom. The first-order chi connectivity index (χ1) is 11.1. The van der Waals surface area contributed by atoms with Crippen LogP contribution in [0.15, 0.2) is 11.6 Å². The predicted molar refractivity (Wildman–Crippen MR) is 97.2 cm³/mol. The number of thiazole rings is 1. The average molecular weight is 331 g/mol. The van der Waals surface area contributed by atoms with Gasteiger partial charge in [0.1, 0.15) is 11.6 Å². The van der Waals surface area contributed by atoms with E-state index in [-0.39, 0.29) is 0 Å². The molecular weight excluding hydrogens is 304 g/mol. The largest absolute Gasteiger partial charge is 0.357 e. The van der Waals surface area contributed by atoms with E-state index in [0.29, 0.717) is 12.0 Å². The summed E-state index contributed by atoms with van der Waals surface area (Å²) in [5.74, 6) is 2.30. The summed E-state index contributed by atoms with van der Waals surface area (Å²) >= 11 is 1.66. The molecular formula is C18H26N4S. The molecule has 2 aromatic rings. The topological polar surface area (TPSA) is 41.9 Å². The van der Waals surface area contributed by atoms with E-state index in [2.05, 4.69) is 36.8 Å². The Morgan fingerprint density at radius 1 is 1.17 bits per heavy atom. The van der Waals surface area contributed by atoms with Crippen LogP contribution in [0.3, 0.4) is 0 Å². The summed E-state index contributed by atoms with van der Waals surface area (Å²) in [4.78, 5) is 17.5. The fourth-order valence-corrected chi connectivity index (χ4v) is 3.98. The van der Waals surface area contributed by atoms with E-state index in [0.717, 1.165) is 27.9 Å². The number of rotatable bonds is 4. The molecule has 2 heterocycles. The van der Waals surface area contributed by atoms with Crippen LogP contribution < -0.4 is 4.90 Å². The molecule has 2 aromatic heterocycles. The summed E-state index contributed by atoms with van der Waals surface area (Å²) in [6, 6.07) is 2.75. The maximum Gasteiger partial charge on any atom is 0.133 e. The third-order valence-electron chi connectivity index (χ3n) is 4.71. The van der Waals surface area contributed by atoms with E-state index in [1.807, 2.05) is 12.4 Å². The second-order valence-electron chi connectivity index (χ2n) is 6.79. The summed E-state index contributed by atoms with van der Waals surface area (Å²) in [7, 11) is 2.19. The van der Waals surface area contributed by atoms with Crippen molar-refractivity contribution in [1.29, 1.82) is 0 Å². The zero-order valence-corrected chi connectivity index (χ0v) is 15.4. The van der Waals surface area contributed by atoms with Crippen LogP contribution in [0, 0.1) is 6.92 Å². The Labute approximate surface area is 143 Å². The van der Waals surface area contributed by atoms with Crippen molar-refractivity contribution in [1.82, 2.24) is 15.0 Å². The molecule has 1 fully saturated rings. The van der Waals surface area contributed by atoms with Crippen LogP contribution in [-0.4, -0.2) is 28.0 Å². The third kappa shape index (κ3) is 3.55. The first kappa shape index (κ1) is 16.4. The highest BCUT2D eigenvalue weighted by molar-refractivity contribution is 7.13. The van der Waals surface area contributed by atoms with Crippen LogP contribution in [0.25, 0.3) is 10.6 Å². The molecule has 0 N–H and O–H groups in total. The van der Waals surface area contributed by atoms with Crippen LogP contribution >= 0.6 is 11.3 Å². The van der Waals surface area contributed by atoms with Gasteiger partial charge in [0.15, 0.2) is 0 Å². The Bertz CT molecular complexity index is 659. The minimum atomic E-state index is 0.321. The number of aryl methyl sites for hydroxylation is 1. The van der Waals surface area contributed by atoms with Crippen LogP contribution in [0.4, 0.5) is 5.82 Å². The highest BCUT2D eigenvalue weighted by atomic mass is 32.1. The van der Waals surface area contributed by atoms with Gasteiger partial charge in [-0.25, -0.2) is 15.0 Å². The van der Waals surface area contributed by atoms with Gasteiger partial charge in [-0.1, -0.05) is 33.1 Å². The van der Waals surface area contributed by atoms with E-state index >= 15 is 0 Å². The molecule has 0 aliphatic heterocycles. The van der Waals surface area contributed by atoms with E-state index < -0.39 is 0 Å². The fraction of sp³-hybridized carbons (Fsp3) is 0.611. The molecule has 124 valence electrons. The fourth-order valence-electron chi connectivity index (χ4n) is 3.21. The second kappa shape index (κ2) is 6.95. The normalized spacial score (nSPS) is 16.0. The van der Waals surface area contributed by atoms with Crippen molar-refractivity contribution in [2.24, 2.45) is 0 Å². The summed E-state index contributed by atoms with van der Waals surface area (Å²) in [5, 5.41) is 0. The van der Waals surface area contributed by atoms with Gasteiger partial charge in [0.25, 0.3) is 0 Å². The Morgan fingerprint density at radius 3 is 2.52 bits per heavy atom. The molecule has 3 rings (SSSR count). The Hall–Kier alpha value is -1.49. The summed E-state index contributed by atoms with van der Waals surface area (Å²) in [5.41, 5.74) is 3.96. The second-order valence-corrected chi connectivity index (χ2v) is 7.65. The molecule has 0 bridgehead atoms. The molecule has 0 amide bonds. The highest BCUT2D eigenvalue weighted by Gasteiger charge is 2.21. The van der Waals surface area contributed by atoms with Crippen LogP contribution in [0.5, 0.6) is 0 Å². The number of anilines is 1. The van der Waals surface area contributed by atoms with Crippen molar-refractivity contribution >= 4 is 17.2 Å². The van der Waals surface area contributed by atoms with Crippen molar-refractivity contribution in [2.75, 3.05) is 11.9 Å². The van der Waals surface area contributed by atoms with Crippen LogP contribution in [-0.2, 0) is 0 Å². The zero-order valence-electron chi connectivity index (χ0n) is 14.5. The van der Waals surface area contributed by atoms with Gasteiger partial charge in [-0.05, 0) is 19.8 Å². The summed E-state index contributed by atoms with van der Waals surface area (Å²) < 4.78 is 0. The van der Waals surface area contributed by atoms with Gasteiger partial charge in [-0.15, -0.1) is 11.3 Å². The SMILES string of the molecule is Cc1ncsc1-c1cc(N(C)C2CCCCC2)nc(C(C)C)n1. The van der Waals surface area contributed by atoms with E-state index in [1.54, 1.807) is 11.3 Å². The minimum Gasteiger partial charge on any atom is -0.357 e. The van der Waals surface area contributed by atoms with E-state index in [9.17, 15) is 0 Å². The molecule has 4 nitrogen and oxygen atoms in total. The lowest BCUT2D eigenvalue weighted by Crippen LogP contribution is -2.34. The maximum atomic E-state index is 4.85. The van der Waals surface area contributed by atoms with Crippen LogP contribution in [0.2, 0.25) is 0 Å². The van der Waals surface area contributed by atoms with E-state index in [4.69, 9.17) is 9.97 Å². The number of nitrogens with zero attached hydrogens (tertiary/aromatic N) is 4. The molecule has 0 aromatic carbocycles. The van der Waals surface area contributed by atoms with Gasteiger partial charge in [0.2, 0.25) is 0 Å². The van der Waals surface area contributed by atoms with Crippen LogP contribution in [0.1, 0.15) is 63.4 Å². The van der Waals surface area contributed by atoms with Crippen molar-refractivity contribution < 1.29 is 0 Å². The zero-order chi connectivity index (χ0) is 16.4. The molecule has 0 unspecified atom stereocenters. The molecule has 1 aliphatic carbocycles. The Kier molecular flexibility index (Phi) is 4.95. The molecule has 5 heteroatoms. The molecule has 0 spiro atoms. The lowest BCUT2D eigenvalue weighted by Gasteiger charge is -2.32. The quantitative estimate of drug-likeness (QED) is 0.807. The molecule has 23 heavy (non-hydrogen) atoms. The lowest BCUT2D eigenvalue weighted by atomic mass is 9.94. The molecule has 1 saturated carbocycles. The first-order valence-corrected chi connectivity index (χ1v) is 9.46. The van der Waals surface area contributed by atoms with Crippen molar-refractivity contribution in [3.8, 4) is 10.6 Å². The minimum absolute atomic E-state index is 0.321. The number of hydrogen-bond donors (Lipinski definition) is 0. The first-order valence-electron chi connectivity index (χ1n) is 8.58. The predicted octanol–water partition coefficient (Wildman–Crippen LogP) is 4.80. The van der Waals surface area contributed by atoms with Gasteiger partial charge in [-0.3, -0.25) is 0 Å². The van der Waals surface area contributed by atoms with Crippen molar-refractivity contribution in [3.63, 3.8) is 0 Å². The summed E-state index contributed by atoms with van der Waals surface area (Å²) in [6.45, 7) is 6.36. The van der Waals surface area contributed by atoms with Gasteiger partial charge < -0.3 is 4.90 Å². The van der Waals surface area contributed by atoms with E-state index in [1.165, 1.54) is 32.1 Å². The summed E-state index contributed by atoms with van der Waals surface area (Å²) in [6.07, 6.45) is 6.57. The highest BCUT2D eigenvalue weighted by Crippen LogP contribution is 2.31. The average Bonchev–Trinajstić information content (AvgIpc) is 3.00. The molecule has 0 radical (unpaired) electrons. The van der Waals surface area contributed by atoms with Gasteiger partial charge in [0.05, 0.1) is 21.8 Å². The molecule has 0 saturated heterocycles. The standard InChI is InChI=1S/C18H26N4S/c1-12(2)18-20-15(17-13(3)19-11-23-17)10-16(21-18)22(4)14-8-6-5-7-9-14/h10-12,14H,5-9H2,1-4H3. The number of aromatic nitrogens is 3. The van der Waals surface area contributed by atoms with Gasteiger partial charge >= 0.3 is 0 Å². The Balaban J connectivity index is 1.99. The van der Waals surface area contributed by atoms with Crippen molar-refractivity contribution in [3.05, 3.63) is 23.1 Å². The van der Waals surface area contributed by atoms with Gasteiger partial charge in [0, 0.05) is 25.1 Å². The molecule has 0 atom stereocenters. The number of hydrogen-bond acceptors (Lipinski definition) is 5.